The minimum absolute atomic E-state index is 0.0514. The molecule has 0 atom stereocenters. The van der Waals surface area contributed by atoms with Crippen molar-refractivity contribution in [2.45, 2.75) is 19.4 Å². The predicted octanol–water partition coefficient (Wildman–Crippen LogP) is 3.74. The second-order valence-corrected chi connectivity index (χ2v) is 7.60. The van der Waals surface area contributed by atoms with Gasteiger partial charge in [-0.2, -0.15) is 0 Å². The SMILES string of the molecule is CC1=CC2(C=C(C)C1=O)C(c1ccc(Cl)cc1)=C(I)C(=O)N2CC=O. The van der Waals surface area contributed by atoms with E-state index in [4.69, 9.17) is 11.6 Å². The van der Waals surface area contributed by atoms with Crippen molar-refractivity contribution >= 4 is 57.7 Å². The minimum atomic E-state index is -0.940. The highest BCUT2D eigenvalue weighted by Gasteiger charge is 2.50. The molecule has 0 saturated carbocycles. The van der Waals surface area contributed by atoms with Crippen LogP contribution in [0.3, 0.4) is 0 Å². The van der Waals surface area contributed by atoms with Crippen LogP contribution in [0.25, 0.3) is 5.57 Å². The summed E-state index contributed by atoms with van der Waals surface area (Å²) >= 11 is 8.01. The molecule has 0 aromatic heterocycles. The van der Waals surface area contributed by atoms with Crippen LogP contribution in [0.1, 0.15) is 19.4 Å². The van der Waals surface area contributed by atoms with E-state index in [0.29, 0.717) is 26.0 Å². The van der Waals surface area contributed by atoms with Crippen LogP contribution in [-0.2, 0) is 14.4 Å². The standard InChI is InChI=1S/C19H15ClINO3/c1-11-9-19(10-12(2)17(11)24)15(13-3-5-14(20)6-4-13)16(21)18(25)22(19)7-8-23/h3-6,8-10H,7H2,1-2H3. The smallest absolute Gasteiger partial charge is 0.262 e. The number of nitrogens with zero attached hydrogens (tertiary/aromatic N) is 1. The highest BCUT2D eigenvalue weighted by Crippen LogP contribution is 2.48. The molecule has 0 N–H and O–H groups in total. The van der Waals surface area contributed by atoms with E-state index in [9.17, 15) is 14.4 Å². The zero-order chi connectivity index (χ0) is 18.4. The van der Waals surface area contributed by atoms with Gasteiger partial charge in [0.25, 0.3) is 5.91 Å². The third kappa shape index (κ3) is 2.79. The number of allylic oxidation sites excluding steroid dienone is 2. The van der Waals surface area contributed by atoms with E-state index in [2.05, 4.69) is 0 Å². The molecular weight excluding hydrogens is 453 g/mol. The molecule has 0 saturated heterocycles. The lowest BCUT2D eigenvalue weighted by atomic mass is 9.78. The number of carbonyl (C=O) groups excluding carboxylic acids is 3. The van der Waals surface area contributed by atoms with Crippen LogP contribution in [0.15, 0.2) is 51.1 Å². The third-order valence-corrected chi connectivity index (χ3v) is 5.73. The van der Waals surface area contributed by atoms with Gasteiger partial charge in [0.15, 0.2) is 5.78 Å². The van der Waals surface area contributed by atoms with Crippen LogP contribution in [-0.4, -0.2) is 35.0 Å². The lowest BCUT2D eigenvalue weighted by molar-refractivity contribution is -0.129. The van der Waals surface area contributed by atoms with E-state index >= 15 is 0 Å². The zero-order valence-electron chi connectivity index (χ0n) is 13.7. The van der Waals surface area contributed by atoms with E-state index in [1.54, 1.807) is 38.1 Å². The Labute approximate surface area is 164 Å². The summed E-state index contributed by atoms with van der Waals surface area (Å²) in [6.07, 6.45) is 4.26. The number of benzene rings is 1. The van der Waals surface area contributed by atoms with Crippen molar-refractivity contribution in [3.63, 3.8) is 0 Å². The van der Waals surface area contributed by atoms with Gasteiger partial charge in [-0.1, -0.05) is 23.7 Å². The van der Waals surface area contributed by atoms with Crippen LogP contribution < -0.4 is 0 Å². The molecule has 1 aliphatic carbocycles. The first kappa shape index (κ1) is 18.1. The summed E-state index contributed by atoms with van der Waals surface area (Å²) in [5.74, 6) is -0.276. The number of hydrogen-bond donors (Lipinski definition) is 0. The Kier molecular flexibility index (Phi) is 4.72. The molecule has 4 nitrogen and oxygen atoms in total. The van der Waals surface area contributed by atoms with Crippen molar-refractivity contribution in [1.82, 2.24) is 4.90 Å². The Bertz CT molecular complexity index is 858. The van der Waals surface area contributed by atoms with E-state index in [-0.39, 0.29) is 18.2 Å². The van der Waals surface area contributed by atoms with Gasteiger partial charge in [0.1, 0.15) is 11.8 Å². The van der Waals surface area contributed by atoms with Crippen molar-refractivity contribution in [1.29, 1.82) is 0 Å². The Hall–Kier alpha value is -1.73. The van der Waals surface area contributed by atoms with E-state index in [0.717, 1.165) is 11.1 Å². The summed E-state index contributed by atoms with van der Waals surface area (Å²) in [4.78, 5) is 37.8. The first-order chi connectivity index (χ1) is 11.8. The average molecular weight is 468 g/mol. The molecule has 1 spiro atoms. The Morgan fingerprint density at radius 3 is 2.20 bits per heavy atom. The predicted molar refractivity (Wildman–Crippen MR) is 105 cm³/mol. The maximum absolute atomic E-state index is 12.8. The van der Waals surface area contributed by atoms with Crippen LogP contribution in [0.4, 0.5) is 0 Å². The molecule has 1 amide bonds. The Morgan fingerprint density at radius 1 is 1.12 bits per heavy atom. The average Bonchev–Trinajstić information content (AvgIpc) is 2.76. The quantitative estimate of drug-likeness (QED) is 0.503. The fraction of sp³-hybridized carbons (Fsp3) is 0.211. The van der Waals surface area contributed by atoms with Crippen molar-refractivity contribution in [3.05, 3.63) is 61.7 Å². The van der Waals surface area contributed by atoms with E-state index < -0.39 is 5.54 Å². The maximum atomic E-state index is 12.8. The second-order valence-electron chi connectivity index (χ2n) is 6.09. The van der Waals surface area contributed by atoms with Crippen molar-refractivity contribution in [3.8, 4) is 0 Å². The molecule has 0 bridgehead atoms. The molecule has 3 rings (SSSR count). The monoisotopic (exact) mass is 467 g/mol. The van der Waals surface area contributed by atoms with Crippen molar-refractivity contribution in [2.24, 2.45) is 0 Å². The Balaban J connectivity index is 2.30. The Morgan fingerprint density at radius 2 is 1.68 bits per heavy atom. The normalized spacial score (nSPS) is 19.4. The first-order valence-electron chi connectivity index (χ1n) is 7.67. The van der Waals surface area contributed by atoms with Crippen molar-refractivity contribution < 1.29 is 14.4 Å². The van der Waals surface area contributed by atoms with Gasteiger partial charge in [-0.15, -0.1) is 0 Å². The number of Topliss-reactive ketones (excluding diaryl/α,β-unsaturated/α-hetero) is 1. The number of rotatable bonds is 3. The number of ketones is 1. The van der Waals surface area contributed by atoms with Crippen LogP contribution >= 0.6 is 34.2 Å². The van der Waals surface area contributed by atoms with Crippen LogP contribution in [0.5, 0.6) is 0 Å². The molecule has 1 aliphatic heterocycles. The molecule has 0 unspecified atom stereocenters. The molecular formula is C19H15ClINO3. The van der Waals surface area contributed by atoms with Gasteiger partial charge in [-0.3, -0.25) is 9.59 Å². The van der Waals surface area contributed by atoms with Gasteiger partial charge >= 0.3 is 0 Å². The summed E-state index contributed by atoms with van der Waals surface area (Å²) in [5, 5.41) is 0.597. The fourth-order valence-corrected chi connectivity index (χ4v) is 4.59. The van der Waals surface area contributed by atoms with Gasteiger partial charge in [0.2, 0.25) is 0 Å². The van der Waals surface area contributed by atoms with E-state index in [1.165, 1.54) is 4.90 Å². The molecule has 1 aromatic rings. The number of carbonyl (C=O) groups is 3. The molecule has 25 heavy (non-hydrogen) atoms. The van der Waals surface area contributed by atoms with Gasteiger partial charge < -0.3 is 9.69 Å². The van der Waals surface area contributed by atoms with Crippen LogP contribution in [0.2, 0.25) is 5.02 Å². The maximum Gasteiger partial charge on any atom is 0.262 e. The third-order valence-electron chi connectivity index (χ3n) is 4.48. The lowest BCUT2D eigenvalue weighted by Gasteiger charge is -2.38. The summed E-state index contributed by atoms with van der Waals surface area (Å²) in [5.41, 5.74) is 1.77. The molecule has 2 aliphatic rings. The highest BCUT2D eigenvalue weighted by molar-refractivity contribution is 14.1. The zero-order valence-corrected chi connectivity index (χ0v) is 16.6. The van der Waals surface area contributed by atoms with Gasteiger partial charge in [-0.25, -0.2) is 0 Å². The number of aldehydes is 1. The number of halogens is 2. The van der Waals surface area contributed by atoms with Crippen molar-refractivity contribution in [2.75, 3.05) is 6.54 Å². The molecule has 6 heteroatoms. The highest BCUT2D eigenvalue weighted by atomic mass is 127. The summed E-state index contributed by atoms with van der Waals surface area (Å²) in [7, 11) is 0. The molecule has 0 radical (unpaired) electrons. The molecule has 1 aromatic carbocycles. The number of amides is 1. The van der Waals surface area contributed by atoms with Gasteiger partial charge in [0, 0.05) is 10.6 Å². The lowest BCUT2D eigenvalue weighted by Crippen LogP contribution is -2.48. The van der Waals surface area contributed by atoms with Gasteiger partial charge in [-0.05, 0) is 77.4 Å². The second kappa shape index (κ2) is 6.53. The topological polar surface area (TPSA) is 54.5 Å². The largest absolute Gasteiger partial charge is 0.314 e. The summed E-state index contributed by atoms with van der Waals surface area (Å²) in [6.45, 7) is 3.41. The molecule has 0 fully saturated rings. The first-order valence-corrected chi connectivity index (χ1v) is 9.13. The van der Waals surface area contributed by atoms with Gasteiger partial charge in [0.05, 0.1) is 10.1 Å². The number of hydrogen-bond acceptors (Lipinski definition) is 3. The summed E-state index contributed by atoms with van der Waals surface area (Å²) in [6, 6.07) is 7.21. The van der Waals surface area contributed by atoms with E-state index in [1.807, 2.05) is 34.7 Å². The molecule has 1 heterocycles. The van der Waals surface area contributed by atoms with Crippen LogP contribution in [0, 0.1) is 0 Å². The molecule has 128 valence electrons. The minimum Gasteiger partial charge on any atom is -0.314 e. The summed E-state index contributed by atoms with van der Waals surface area (Å²) < 4.78 is 0.532. The fourth-order valence-electron chi connectivity index (χ4n) is 3.43.